The number of aliphatic hydroxyl groups is 1. The van der Waals surface area contributed by atoms with Crippen LogP contribution < -0.4 is 0 Å². The lowest BCUT2D eigenvalue weighted by molar-refractivity contribution is -0.169. The molecule has 0 saturated carbocycles. The van der Waals surface area contributed by atoms with E-state index in [-0.39, 0.29) is 12.0 Å². The van der Waals surface area contributed by atoms with Crippen molar-refractivity contribution in [1.29, 1.82) is 0 Å². The molecular weight excluding hydrogens is 120 g/mol. The van der Waals surface area contributed by atoms with Crippen molar-refractivity contribution in [2.45, 2.75) is 6.92 Å². The van der Waals surface area contributed by atoms with E-state index < -0.39 is 0 Å². The fourth-order valence-corrected chi connectivity index (χ4v) is 0.768. The predicted molar refractivity (Wildman–Crippen MR) is 32.0 cm³/mol. The van der Waals surface area contributed by atoms with Gasteiger partial charge >= 0.3 is 0 Å². The number of ether oxygens (including phenoxy) is 2. The SMILES string of the molecule is CC1(CO)COCOC1. The van der Waals surface area contributed by atoms with Gasteiger partial charge in [-0.05, 0) is 0 Å². The normalized spacial score (nSPS) is 26.0. The molecule has 1 N–H and O–H groups in total. The minimum absolute atomic E-state index is 0.132. The van der Waals surface area contributed by atoms with E-state index in [0.29, 0.717) is 20.0 Å². The molecular formula is C6H12O3. The molecule has 54 valence electrons. The Morgan fingerprint density at radius 2 is 2.00 bits per heavy atom. The molecule has 0 spiro atoms. The minimum atomic E-state index is -0.168. The lowest BCUT2D eigenvalue weighted by Crippen LogP contribution is -2.37. The van der Waals surface area contributed by atoms with Gasteiger partial charge in [0.25, 0.3) is 0 Å². The molecule has 0 unspecified atom stereocenters. The molecule has 0 amide bonds. The highest BCUT2D eigenvalue weighted by Crippen LogP contribution is 2.19. The lowest BCUT2D eigenvalue weighted by atomic mass is 9.94. The fraction of sp³-hybridized carbons (Fsp3) is 1.00. The molecule has 1 aliphatic heterocycles. The standard InChI is InChI=1S/C6H12O3/c1-6(2-7)3-8-5-9-4-6/h7H,2-5H2,1H3. The molecule has 3 nitrogen and oxygen atoms in total. The highest BCUT2D eigenvalue weighted by atomic mass is 16.7. The summed E-state index contributed by atoms with van der Waals surface area (Å²) in [5, 5.41) is 8.79. The first-order valence-corrected chi connectivity index (χ1v) is 3.03. The van der Waals surface area contributed by atoms with Crippen molar-refractivity contribution in [2.75, 3.05) is 26.6 Å². The number of rotatable bonds is 1. The Hall–Kier alpha value is -0.120. The van der Waals surface area contributed by atoms with E-state index in [4.69, 9.17) is 14.6 Å². The third kappa shape index (κ3) is 1.64. The number of hydrogen-bond acceptors (Lipinski definition) is 3. The number of hydrogen-bond donors (Lipinski definition) is 1. The lowest BCUT2D eigenvalue weighted by Gasteiger charge is -2.30. The topological polar surface area (TPSA) is 38.7 Å². The Labute approximate surface area is 54.6 Å². The van der Waals surface area contributed by atoms with Gasteiger partial charge in [0.2, 0.25) is 0 Å². The summed E-state index contributed by atoms with van der Waals surface area (Å²) in [6.45, 7) is 3.64. The first kappa shape index (κ1) is 6.99. The third-order valence-electron chi connectivity index (χ3n) is 1.45. The summed E-state index contributed by atoms with van der Waals surface area (Å²) < 4.78 is 9.99. The largest absolute Gasteiger partial charge is 0.396 e. The van der Waals surface area contributed by atoms with Crippen LogP contribution in [0.3, 0.4) is 0 Å². The zero-order valence-corrected chi connectivity index (χ0v) is 5.59. The van der Waals surface area contributed by atoms with Gasteiger partial charge in [0.1, 0.15) is 6.79 Å². The van der Waals surface area contributed by atoms with Crippen LogP contribution in [0.25, 0.3) is 0 Å². The summed E-state index contributed by atoms with van der Waals surface area (Å²) >= 11 is 0. The van der Waals surface area contributed by atoms with E-state index in [9.17, 15) is 0 Å². The van der Waals surface area contributed by atoms with E-state index in [0.717, 1.165) is 0 Å². The van der Waals surface area contributed by atoms with Crippen LogP contribution in [0.5, 0.6) is 0 Å². The quantitative estimate of drug-likeness (QED) is 0.545. The Balaban J connectivity index is 2.37. The maximum absolute atomic E-state index is 8.79. The van der Waals surface area contributed by atoms with Gasteiger partial charge in [-0.15, -0.1) is 0 Å². The second-order valence-corrected chi connectivity index (χ2v) is 2.78. The predicted octanol–water partition coefficient (Wildman–Crippen LogP) is -0.0107. The van der Waals surface area contributed by atoms with Crippen LogP contribution in [0, 0.1) is 5.41 Å². The van der Waals surface area contributed by atoms with Gasteiger partial charge in [0.05, 0.1) is 19.8 Å². The summed E-state index contributed by atoms with van der Waals surface area (Å²) in [6, 6.07) is 0. The van der Waals surface area contributed by atoms with Crippen molar-refractivity contribution < 1.29 is 14.6 Å². The average Bonchev–Trinajstić information content (AvgIpc) is 1.90. The maximum Gasteiger partial charge on any atom is 0.146 e. The molecule has 0 aromatic rings. The van der Waals surface area contributed by atoms with Gasteiger partial charge in [-0.25, -0.2) is 0 Å². The molecule has 1 fully saturated rings. The molecule has 1 rings (SSSR count). The van der Waals surface area contributed by atoms with Crippen molar-refractivity contribution in [3.63, 3.8) is 0 Å². The van der Waals surface area contributed by atoms with Gasteiger partial charge < -0.3 is 14.6 Å². The molecule has 0 aromatic carbocycles. The molecule has 0 bridgehead atoms. The Kier molecular flexibility index (Phi) is 2.05. The molecule has 0 aliphatic carbocycles. The van der Waals surface area contributed by atoms with Gasteiger partial charge in [0, 0.05) is 5.41 Å². The molecule has 0 aromatic heterocycles. The van der Waals surface area contributed by atoms with Gasteiger partial charge in [-0.1, -0.05) is 6.92 Å². The highest BCUT2D eigenvalue weighted by Gasteiger charge is 2.27. The first-order chi connectivity index (χ1) is 4.27. The van der Waals surface area contributed by atoms with Gasteiger partial charge in [0.15, 0.2) is 0 Å². The fourth-order valence-electron chi connectivity index (χ4n) is 0.768. The van der Waals surface area contributed by atoms with Crippen LogP contribution >= 0.6 is 0 Å². The van der Waals surface area contributed by atoms with Crippen LogP contribution in [-0.2, 0) is 9.47 Å². The van der Waals surface area contributed by atoms with Crippen LogP contribution in [0.15, 0.2) is 0 Å². The van der Waals surface area contributed by atoms with Crippen LogP contribution in [-0.4, -0.2) is 31.7 Å². The molecule has 1 heterocycles. The van der Waals surface area contributed by atoms with E-state index in [1.165, 1.54) is 0 Å². The molecule has 0 atom stereocenters. The van der Waals surface area contributed by atoms with E-state index in [1.807, 2.05) is 6.92 Å². The Bertz CT molecular complexity index is 86.3. The van der Waals surface area contributed by atoms with E-state index in [2.05, 4.69) is 0 Å². The average molecular weight is 132 g/mol. The van der Waals surface area contributed by atoms with Crippen LogP contribution in [0.1, 0.15) is 6.92 Å². The molecule has 0 radical (unpaired) electrons. The van der Waals surface area contributed by atoms with Crippen molar-refractivity contribution in [1.82, 2.24) is 0 Å². The summed E-state index contributed by atoms with van der Waals surface area (Å²) in [5.74, 6) is 0. The second kappa shape index (κ2) is 2.64. The third-order valence-corrected chi connectivity index (χ3v) is 1.45. The minimum Gasteiger partial charge on any atom is -0.396 e. The Morgan fingerprint density at radius 1 is 1.44 bits per heavy atom. The van der Waals surface area contributed by atoms with Gasteiger partial charge in [-0.2, -0.15) is 0 Å². The monoisotopic (exact) mass is 132 g/mol. The van der Waals surface area contributed by atoms with Crippen LogP contribution in [0.2, 0.25) is 0 Å². The summed E-state index contributed by atoms with van der Waals surface area (Å²) in [6.07, 6.45) is 0. The van der Waals surface area contributed by atoms with Crippen molar-refractivity contribution in [2.24, 2.45) is 5.41 Å². The van der Waals surface area contributed by atoms with Crippen molar-refractivity contribution >= 4 is 0 Å². The zero-order valence-electron chi connectivity index (χ0n) is 5.59. The van der Waals surface area contributed by atoms with E-state index in [1.54, 1.807) is 0 Å². The van der Waals surface area contributed by atoms with E-state index >= 15 is 0 Å². The first-order valence-electron chi connectivity index (χ1n) is 3.03. The molecule has 1 saturated heterocycles. The van der Waals surface area contributed by atoms with Gasteiger partial charge in [-0.3, -0.25) is 0 Å². The summed E-state index contributed by atoms with van der Waals surface area (Å²) in [4.78, 5) is 0. The van der Waals surface area contributed by atoms with Crippen molar-refractivity contribution in [3.05, 3.63) is 0 Å². The Morgan fingerprint density at radius 3 is 2.33 bits per heavy atom. The summed E-state index contributed by atoms with van der Waals surface area (Å²) in [5.41, 5.74) is -0.168. The maximum atomic E-state index is 8.79. The van der Waals surface area contributed by atoms with Crippen molar-refractivity contribution in [3.8, 4) is 0 Å². The smallest absolute Gasteiger partial charge is 0.146 e. The zero-order chi connectivity index (χ0) is 6.74. The van der Waals surface area contributed by atoms with Crippen LogP contribution in [0.4, 0.5) is 0 Å². The number of aliphatic hydroxyl groups excluding tert-OH is 1. The molecule has 3 heteroatoms. The molecule has 9 heavy (non-hydrogen) atoms. The second-order valence-electron chi connectivity index (χ2n) is 2.78. The summed E-state index contributed by atoms with van der Waals surface area (Å²) in [7, 11) is 0. The highest BCUT2D eigenvalue weighted by molar-refractivity contribution is 4.73. The molecule has 1 aliphatic rings.